The molecule has 1 aromatic heterocycles. The fourth-order valence-electron chi connectivity index (χ4n) is 1.07. The molecule has 2 N–H and O–H groups in total. The average molecular weight is 190 g/mol. The van der Waals surface area contributed by atoms with Gasteiger partial charge in [0, 0.05) is 18.8 Å². The maximum atomic E-state index is 10.8. The molecule has 0 aliphatic carbocycles. The van der Waals surface area contributed by atoms with E-state index in [1.807, 2.05) is 0 Å². The molecule has 0 spiro atoms. The summed E-state index contributed by atoms with van der Waals surface area (Å²) < 4.78 is 1.61. The summed E-state index contributed by atoms with van der Waals surface area (Å²) in [5, 5.41) is 12.7. The highest BCUT2D eigenvalue weighted by atomic mass is 16.1. The number of aryl methyl sites for hydroxylation is 2. The Bertz CT molecular complexity index is 436. The lowest BCUT2D eigenvalue weighted by Gasteiger charge is -1.90. The third kappa shape index (κ3) is 1.98. The van der Waals surface area contributed by atoms with Crippen molar-refractivity contribution in [2.75, 3.05) is 0 Å². The average Bonchev–Trinajstić information content (AvgIpc) is 2.40. The molecule has 0 aromatic carbocycles. The van der Waals surface area contributed by atoms with E-state index < -0.39 is 5.91 Å². The zero-order chi connectivity index (χ0) is 10.7. The Morgan fingerprint density at radius 1 is 1.79 bits per heavy atom. The predicted molar refractivity (Wildman–Crippen MR) is 50.7 cm³/mol. The third-order valence-corrected chi connectivity index (χ3v) is 1.74. The molecule has 5 heteroatoms. The molecule has 1 heterocycles. The van der Waals surface area contributed by atoms with Crippen LogP contribution in [-0.2, 0) is 11.8 Å². The molecule has 0 unspecified atom stereocenters. The van der Waals surface area contributed by atoms with Crippen molar-refractivity contribution in [3.05, 3.63) is 23.0 Å². The minimum absolute atomic E-state index is 0.0684. The van der Waals surface area contributed by atoms with E-state index in [0.29, 0.717) is 0 Å². The first-order valence-corrected chi connectivity index (χ1v) is 3.96. The Kier molecular flexibility index (Phi) is 2.67. The number of nitrogens with two attached hydrogens (primary N) is 1. The van der Waals surface area contributed by atoms with E-state index in [9.17, 15) is 4.79 Å². The number of nitriles is 1. The Hall–Kier alpha value is -2.09. The molecule has 1 amide bonds. The quantitative estimate of drug-likeness (QED) is 0.531. The number of hydrogen-bond donors (Lipinski definition) is 1. The standard InChI is InChI=1S/C9H10N4O/c1-6-8(5-13(2)12-6)3-7(4-10)9(11)14/h3,5H,1-2H3,(H2,11,14). The molecule has 1 aromatic rings. The summed E-state index contributed by atoms with van der Waals surface area (Å²) in [6.07, 6.45) is 3.15. The summed E-state index contributed by atoms with van der Waals surface area (Å²) in [6.45, 7) is 1.79. The van der Waals surface area contributed by atoms with Crippen molar-refractivity contribution in [2.45, 2.75) is 6.92 Å². The molecule has 72 valence electrons. The molecule has 0 aliphatic rings. The van der Waals surface area contributed by atoms with Crippen molar-refractivity contribution in [3.8, 4) is 6.07 Å². The van der Waals surface area contributed by atoms with Crippen LogP contribution in [0.1, 0.15) is 11.3 Å². The molecule has 0 bridgehead atoms. The summed E-state index contributed by atoms with van der Waals surface area (Å²) in [4.78, 5) is 10.8. The van der Waals surface area contributed by atoms with Gasteiger partial charge in [0.05, 0.1) is 5.69 Å². The van der Waals surface area contributed by atoms with Crippen molar-refractivity contribution in [1.29, 1.82) is 5.26 Å². The molecule has 0 atom stereocenters. The summed E-state index contributed by atoms with van der Waals surface area (Å²) >= 11 is 0. The molecular weight excluding hydrogens is 180 g/mol. The van der Waals surface area contributed by atoms with Gasteiger partial charge in [-0.2, -0.15) is 10.4 Å². The largest absolute Gasteiger partial charge is 0.365 e. The zero-order valence-electron chi connectivity index (χ0n) is 7.98. The van der Waals surface area contributed by atoms with Crippen LogP contribution in [0.3, 0.4) is 0 Å². The Balaban J connectivity index is 3.14. The second-order valence-corrected chi connectivity index (χ2v) is 2.88. The van der Waals surface area contributed by atoms with Gasteiger partial charge in [-0.15, -0.1) is 0 Å². The van der Waals surface area contributed by atoms with Crippen molar-refractivity contribution in [3.63, 3.8) is 0 Å². The maximum absolute atomic E-state index is 10.8. The number of carbonyl (C=O) groups excluding carboxylic acids is 1. The van der Waals surface area contributed by atoms with Crippen molar-refractivity contribution in [1.82, 2.24) is 9.78 Å². The van der Waals surface area contributed by atoms with Crippen LogP contribution in [-0.4, -0.2) is 15.7 Å². The molecule has 14 heavy (non-hydrogen) atoms. The number of nitrogens with zero attached hydrogens (tertiary/aromatic N) is 3. The van der Waals surface area contributed by atoms with Gasteiger partial charge in [0.15, 0.2) is 0 Å². The number of carbonyl (C=O) groups is 1. The number of hydrogen-bond acceptors (Lipinski definition) is 3. The van der Waals surface area contributed by atoms with Crippen LogP contribution < -0.4 is 5.73 Å². The Morgan fingerprint density at radius 3 is 2.79 bits per heavy atom. The lowest BCUT2D eigenvalue weighted by Crippen LogP contribution is -2.12. The van der Waals surface area contributed by atoms with Crippen LogP contribution >= 0.6 is 0 Å². The van der Waals surface area contributed by atoms with Crippen molar-refractivity contribution in [2.24, 2.45) is 12.8 Å². The van der Waals surface area contributed by atoms with Gasteiger partial charge < -0.3 is 5.73 Å². The van der Waals surface area contributed by atoms with Crippen LogP contribution in [0.5, 0.6) is 0 Å². The predicted octanol–water partition coefficient (Wildman–Crippen LogP) is 0.121. The van der Waals surface area contributed by atoms with Gasteiger partial charge in [0.1, 0.15) is 11.6 Å². The van der Waals surface area contributed by atoms with Crippen molar-refractivity contribution >= 4 is 12.0 Å². The Labute approximate surface area is 81.4 Å². The van der Waals surface area contributed by atoms with Crippen LogP contribution in [0, 0.1) is 18.3 Å². The van der Waals surface area contributed by atoms with Crippen LogP contribution in [0.4, 0.5) is 0 Å². The van der Waals surface area contributed by atoms with E-state index in [2.05, 4.69) is 5.10 Å². The van der Waals surface area contributed by atoms with Crippen LogP contribution in [0.15, 0.2) is 11.8 Å². The fourth-order valence-corrected chi connectivity index (χ4v) is 1.07. The van der Waals surface area contributed by atoms with Gasteiger partial charge in [0.25, 0.3) is 5.91 Å². The number of amides is 1. The van der Waals surface area contributed by atoms with Gasteiger partial charge in [-0.3, -0.25) is 9.48 Å². The summed E-state index contributed by atoms with van der Waals surface area (Å²) in [5.74, 6) is -0.726. The van der Waals surface area contributed by atoms with Gasteiger partial charge in [-0.25, -0.2) is 0 Å². The minimum Gasteiger partial charge on any atom is -0.365 e. The second-order valence-electron chi connectivity index (χ2n) is 2.88. The van der Waals surface area contributed by atoms with E-state index in [1.54, 1.807) is 30.9 Å². The molecule has 1 rings (SSSR count). The molecule has 0 fully saturated rings. The number of primary amides is 1. The molecule has 0 saturated heterocycles. The first-order valence-electron chi connectivity index (χ1n) is 3.96. The number of aromatic nitrogens is 2. The second kappa shape index (κ2) is 3.75. The van der Waals surface area contributed by atoms with Gasteiger partial charge in [0.2, 0.25) is 0 Å². The topological polar surface area (TPSA) is 84.7 Å². The first kappa shape index (κ1) is 9.99. The van der Waals surface area contributed by atoms with E-state index in [-0.39, 0.29) is 5.57 Å². The monoisotopic (exact) mass is 190 g/mol. The highest BCUT2D eigenvalue weighted by Crippen LogP contribution is 2.09. The molecule has 0 radical (unpaired) electrons. The van der Waals surface area contributed by atoms with Gasteiger partial charge >= 0.3 is 0 Å². The molecular formula is C9H10N4O. The van der Waals surface area contributed by atoms with Gasteiger partial charge in [-0.05, 0) is 13.0 Å². The van der Waals surface area contributed by atoms with E-state index in [4.69, 9.17) is 11.0 Å². The lowest BCUT2D eigenvalue weighted by atomic mass is 10.1. The fraction of sp³-hybridized carbons (Fsp3) is 0.222. The normalized spacial score (nSPS) is 11.1. The third-order valence-electron chi connectivity index (χ3n) is 1.74. The lowest BCUT2D eigenvalue weighted by molar-refractivity contribution is -0.114. The first-order chi connectivity index (χ1) is 6.54. The molecule has 0 aliphatic heterocycles. The van der Waals surface area contributed by atoms with Crippen LogP contribution in [0.25, 0.3) is 6.08 Å². The van der Waals surface area contributed by atoms with E-state index in [0.717, 1.165) is 11.3 Å². The maximum Gasteiger partial charge on any atom is 0.259 e. The Morgan fingerprint density at radius 2 is 2.43 bits per heavy atom. The zero-order valence-corrected chi connectivity index (χ0v) is 7.98. The molecule has 5 nitrogen and oxygen atoms in total. The minimum atomic E-state index is -0.726. The highest BCUT2D eigenvalue weighted by molar-refractivity contribution is 6.00. The smallest absolute Gasteiger partial charge is 0.259 e. The summed E-state index contributed by atoms with van der Waals surface area (Å²) in [7, 11) is 1.76. The summed E-state index contributed by atoms with van der Waals surface area (Å²) in [6, 6.07) is 1.74. The van der Waals surface area contributed by atoms with Gasteiger partial charge in [-0.1, -0.05) is 0 Å². The SMILES string of the molecule is Cc1nn(C)cc1C=C(C#N)C(N)=O. The van der Waals surface area contributed by atoms with Crippen LogP contribution in [0.2, 0.25) is 0 Å². The van der Waals surface area contributed by atoms with Crippen molar-refractivity contribution < 1.29 is 4.79 Å². The number of rotatable bonds is 2. The van der Waals surface area contributed by atoms with E-state index in [1.165, 1.54) is 6.08 Å². The van der Waals surface area contributed by atoms with E-state index >= 15 is 0 Å². The molecule has 0 saturated carbocycles. The summed E-state index contributed by atoms with van der Waals surface area (Å²) in [5.41, 5.74) is 6.40. The highest BCUT2D eigenvalue weighted by Gasteiger charge is 2.06.